The van der Waals surface area contributed by atoms with E-state index in [0.29, 0.717) is 22.6 Å². The van der Waals surface area contributed by atoms with Crippen molar-refractivity contribution in [2.24, 2.45) is 0 Å². The van der Waals surface area contributed by atoms with E-state index in [0.717, 1.165) is 0 Å². The molecule has 0 fully saturated rings. The van der Waals surface area contributed by atoms with Crippen LogP contribution < -0.4 is 9.47 Å². The summed E-state index contributed by atoms with van der Waals surface area (Å²) in [6.07, 6.45) is -0.394. The molecule has 1 heterocycles. The molecule has 124 valence electrons. The number of aliphatic carboxylic acids is 1. The average molecular weight is 320 g/mol. The van der Waals surface area contributed by atoms with Crippen molar-refractivity contribution < 1.29 is 28.9 Å². The normalized spacial score (nSPS) is 17.5. The molecule has 0 aliphatic carbocycles. The van der Waals surface area contributed by atoms with Crippen LogP contribution in [0.25, 0.3) is 5.57 Å². The molecule has 23 heavy (non-hydrogen) atoms. The maximum absolute atomic E-state index is 12.2. The predicted molar refractivity (Wildman–Crippen MR) is 83.2 cm³/mol. The highest BCUT2D eigenvalue weighted by molar-refractivity contribution is 6.19. The fourth-order valence-electron chi connectivity index (χ4n) is 2.19. The first kappa shape index (κ1) is 16.9. The van der Waals surface area contributed by atoms with E-state index in [-0.39, 0.29) is 0 Å². The van der Waals surface area contributed by atoms with Crippen molar-refractivity contribution in [1.29, 1.82) is 0 Å². The highest BCUT2D eigenvalue weighted by atomic mass is 16.7. The van der Waals surface area contributed by atoms with Crippen molar-refractivity contribution in [3.63, 3.8) is 0 Å². The lowest BCUT2D eigenvalue weighted by atomic mass is 10.0. The second kappa shape index (κ2) is 5.95. The second-order valence-electron chi connectivity index (χ2n) is 6.27. The van der Waals surface area contributed by atoms with Gasteiger partial charge in [-0.2, -0.15) is 0 Å². The van der Waals surface area contributed by atoms with Crippen LogP contribution in [0.1, 0.15) is 40.2 Å². The first-order valence-electron chi connectivity index (χ1n) is 7.24. The maximum Gasteiger partial charge on any atom is 0.346 e. The van der Waals surface area contributed by atoms with Gasteiger partial charge in [-0.1, -0.05) is 6.07 Å². The molecule has 1 N–H and O–H groups in total. The van der Waals surface area contributed by atoms with Crippen molar-refractivity contribution in [3.8, 4) is 11.5 Å². The fourth-order valence-corrected chi connectivity index (χ4v) is 2.19. The molecule has 0 saturated carbocycles. The number of rotatable bonds is 3. The lowest BCUT2D eigenvalue weighted by Crippen LogP contribution is -2.27. The molecule has 0 bridgehead atoms. The van der Waals surface area contributed by atoms with Crippen LogP contribution >= 0.6 is 0 Å². The summed E-state index contributed by atoms with van der Waals surface area (Å²) in [5.74, 6) is -1.09. The summed E-state index contributed by atoms with van der Waals surface area (Å²) < 4.78 is 16.1. The van der Waals surface area contributed by atoms with Gasteiger partial charge in [0.15, 0.2) is 11.5 Å². The Morgan fingerprint density at radius 2 is 1.78 bits per heavy atom. The van der Waals surface area contributed by atoms with Gasteiger partial charge in [0.2, 0.25) is 6.29 Å². The molecule has 1 aliphatic heterocycles. The van der Waals surface area contributed by atoms with Crippen LogP contribution in [0.2, 0.25) is 0 Å². The molecule has 6 nitrogen and oxygen atoms in total. The number of esters is 1. The minimum atomic E-state index is -1.33. The summed E-state index contributed by atoms with van der Waals surface area (Å²) in [6.45, 7) is 8.37. The first-order chi connectivity index (χ1) is 10.6. The Kier molecular flexibility index (Phi) is 4.36. The van der Waals surface area contributed by atoms with E-state index in [1.807, 2.05) is 0 Å². The van der Waals surface area contributed by atoms with E-state index in [1.165, 1.54) is 0 Å². The van der Waals surface area contributed by atoms with E-state index in [2.05, 4.69) is 0 Å². The maximum atomic E-state index is 12.2. The van der Waals surface area contributed by atoms with Gasteiger partial charge in [0.1, 0.15) is 11.2 Å². The molecular weight excluding hydrogens is 300 g/mol. The van der Waals surface area contributed by atoms with Gasteiger partial charge in [-0.3, -0.25) is 0 Å². The Morgan fingerprint density at radius 1 is 1.17 bits per heavy atom. The Hall–Kier alpha value is -2.50. The van der Waals surface area contributed by atoms with Crippen LogP contribution in [0, 0.1) is 0 Å². The summed E-state index contributed by atoms with van der Waals surface area (Å²) >= 11 is 0. The summed E-state index contributed by atoms with van der Waals surface area (Å²) in [5.41, 5.74) is -0.309. The second-order valence-corrected chi connectivity index (χ2v) is 6.27. The number of carbonyl (C=O) groups excluding carboxylic acids is 1. The number of hydrogen-bond donors (Lipinski definition) is 1. The van der Waals surface area contributed by atoms with E-state index in [9.17, 15) is 14.7 Å². The number of hydrogen-bond acceptors (Lipinski definition) is 5. The fraction of sp³-hybridized carbons (Fsp3) is 0.412. The van der Waals surface area contributed by atoms with Gasteiger partial charge in [-0.05, 0) is 51.0 Å². The molecule has 1 aromatic carbocycles. The average Bonchev–Trinajstić information content (AvgIpc) is 2.74. The van der Waals surface area contributed by atoms with Crippen LogP contribution in [-0.2, 0) is 14.3 Å². The van der Waals surface area contributed by atoms with Gasteiger partial charge >= 0.3 is 11.9 Å². The largest absolute Gasteiger partial charge is 0.477 e. The molecule has 0 aromatic heterocycles. The van der Waals surface area contributed by atoms with Gasteiger partial charge in [0, 0.05) is 6.92 Å². The third-order valence-corrected chi connectivity index (χ3v) is 3.15. The molecule has 1 aliphatic rings. The van der Waals surface area contributed by atoms with Crippen LogP contribution in [0.3, 0.4) is 0 Å². The molecular formula is C17H20O6. The van der Waals surface area contributed by atoms with Crippen LogP contribution in [-0.4, -0.2) is 28.9 Å². The SMILES string of the molecule is C/C(=C(/C(=O)O)C(=O)OC(C)(C)C)c1ccc2c(c1)OC(C)O2. The molecule has 1 atom stereocenters. The van der Waals surface area contributed by atoms with Crippen LogP contribution in [0.15, 0.2) is 23.8 Å². The number of carboxylic acid groups (broad SMARTS) is 1. The monoisotopic (exact) mass is 320 g/mol. The quantitative estimate of drug-likeness (QED) is 0.399. The van der Waals surface area contributed by atoms with Gasteiger partial charge in [-0.15, -0.1) is 0 Å². The van der Waals surface area contributed by atoms with Gasteiger partial charge in [0.05, 0.1) is 0 Å². The topological polar surface area (TPSA) is 82.1 Å². The third kappa shape index (κ3) is 3.83. The minimum absolute atomic E-state index is 0.303. The lowest BCUT2D eigenvalue weighted by molar-refractivity contribution is -0.152. The highest BCUT2D eigenvalue weighted by Gasteiger charge is 2.28. The Bertz CT molecular complexity index is 681. The molecule has 1 unspecified atom stereocenters. The summed E-state index contributed by atoms with van der Waals surface area (Å²) in [6, 6.07) is 5.02. The van der Waals surface area contributed by atoms with Gasteiger partial charge in [-0.25, -0.2) is 9.59 Å². The summed E-state index contributed by atoms with van der Waals surface area (Å²) in [5, 5.41) is 9.39. The van der Waals surface area contributed by atoms with Crippen molar-refractivity contribution in [2.45, 2.75) is 46.5 Å². The van der Waals surface area contributed by atoms with E-state index in [1.54, 1.807) is 52.8 Å². The van der Waals surface area contributed by atoms with Crippen LogP contribution in [0.5, 0.6) is 11.5 Å². The Labute approximate surface area is 134 Å². The predicted octanol–water partition coefficient (Wildman–Crippen LogP) is 3.00. The van der Waals surface area contributed by atoms with Crippen molar-refractivity contribution in [1.82, 2.24) is 0 Å². The lowest BCUT2D eigenvalue weighted by Gasteiger charge is -2.20. The molecule has 0 amide bonds. The number of ether oxygens (including phenoxy) is 3. The molecule has 1 aromatic rings. The van der Waals surface area contributed by atoms with Gasteiger partial charge < -0.3 is 19.3 Å². The molecule has 0 radical (unpaired) electrons. The van der Waals surface area contributed by atoms with Crippen molar-refractivity contribution in [3.05, 3.63) is 29.3 Å². The summed E-state index contributed by atoms with van der Waals surface area (Å²) in [4.78, 5) is 23.7. The number of allylic oxidation sites excluding steroid dienone is 1. The number of carboxylic acids is 1. The van der Waals surface area contributed by atoms with E-state index in [4.69, 9.17) is 14.2 Å². The number of carbonyl (C=O) groups is 2. The van der Waals surface area contributed by atoms with E-state index < -0.39 is 29.4 Å². The third-order valence-electron chi connectivity index (χ3n) is 3.15. The molecule has 6 heteroatoms. The Morgan fingerprint density at radius 3 is 2.35 bits per heavy atom. The number of fused-ring (bicyclic) bond motifs is 1. The zero-order valence-corrected chi connectivity index (χ0v) is 13.8. The highest BCUT2D eigenvalue weighted by Crippen LogP contribution is 2.37. The first-order valence-corrected chi connectivity index (χ1v) is 7.24. The van der Waals surface area contributed by atoms with Crippen molar-refractivity contribution in [2.75, 3.05) is 0 Å². The minimum Gasteiger partial charge on any atom is -0.477 e. The zero-order valence-electron chi connectivity index (χ0n) is 13.8. The molecule has 2 rings (SSSR count). The van der Waals surface area contributed by atoms with Crippen LogP contribution in [0.4, 0.5) is 0 Å². The van der Waals surface area contributed by atoms with E-state index >= 15 is 0 Å². The number of benzene rings is 1. The summed E-state index contributed by atoms with van der Waals surface area (Å²) in [7, 11) is 0. The Balaban J connectivity index is 2.42. The smallest absolute Gasteiger partial charge is 0.346 e. The molecule has 0 spiro atoms. The van der Waals surface area contributed by atoms with Gasteiger partial charge in [0.25, 0.3) is 0 Å². The van der Waals surface area contributed by atoms with Crippen molar-refractivity contribution >= 4 is 17.5 Å². The zero-order chi connectivity index (χ0) is 17.4. The molecule has 0 saturated heterocycles. The standard InChI is InChI=1S/C17H20O6/c1-9(14(15(18)19)16(20)23-17(3,4)5)11-6-7-12-13(8-11)22-10(2)21-12/h6-8,10H,1-5H3,(H,18,19)/b14-9+.